The normalized spacial score (nSPS) is 13.7. The lowest BCUT2D eigenvalue weighted by Crippen LogP contribution is -2.24. The van der Waals surface area contributed by atoms with Crippen LogP contribution in [0.2, 0.25) is 5.02 Å². The summed E-state index contributed by atoms with van der Waals surface area (Å²) in [6, 6.07) is 11.9. The van der Waals surface area contributed by atoms with Crippen molar-refractivity contribution in [2.24, 2.45) is 10.7 Å². The molecule has 7 heteroatoms. The summed E-state index contributed by atoms with van der Waals surface area (Å²) in [5.74, 6) is 0.984. The Morgan fingerprint density at radius 3 is 2.85 bits per heavy atom. The molecule has 2 aromatic carbocycles. The molecule has 0 saturated heterocycles. The van der Waals surface area contributed by atoms with E-state index in [2.05, 4.69) is 40.5 Å². The molecular weight excluding hydrogens is 463 g/mol. The van der Waals surface area contributed by atoms with Gasteiger partial charge in [0.15, 0.2) is 5.96 Å². The molecule has 0 aliphatic carbocycles. The van der Waals surface area contributed by atoms with Gasteiger partial charge in [0.2, 0.25) is 0 Å². The number of nitrogens with two attached hydrogens (primary N) is 1. The maximum Gasteiger partial charge on any atom is 0.193 e. The number of nitrogens with one attached hydrogen (secondary N) is 1. The third-order valence-electron chi connectivity index (χ3n) is 4.35. The van der Waals surface area contributed by atoms with Crippen molar-refractivity contribution in [3.8, 4) is 5.75 Å². The fraction of sp³-hybridized carbons (Fsp3) is 0.316. The maximum atomic E-state index is 6.12. The van der Waals surface area contributed by atoms with Crippen LogP contribution in [0.15, 0.2) is 41.4 Å². The molecule has 140 valence electrons. The predicted molar refractivity (Wildman–Crippen MR) is 120 cm³/mol. The summed E-state index contributed by atoms with van der Waals surface area (Å²) in [7, 11) is 3.72. The number of hydrogen-bond donors (Lipinski definition) is 2. The van der Waals surface area contributed by atoms with E-state index < -0.39 is 0 Å². The molecule has 0 saturated carbocycles. The van der Waals surface area contributed by atoms with Gasteiger partial charge in [0, 0.05) is 25.0 Å². The lowest BCUT2D eigenvalue weighted by molar-refractivity contribution is 0.415. The Kier molecular flexibility index (Phi) is 7.40. The van der Waals surface area contributed by atoms with Gasteiger partial charge in [0.05, 0.1) is 18.7 Å². The Hall–Kier alpha value is -1.67. The molecule has 0 radical (unpaired) electrons. The van der Waals surface area contributed by atoms with E-state index in [0.717, 1.165) is 24.2 Å². The minimum atomic E-state index is 0. The van der Waals surface area contributed by atoms with Gasteiger partial charge < -0.3 is 20.7 Å². The van der Waals surface area contributed by atoms with Gasteiger partial charge >= 0.3 is 0 Å². The van der Waals surface area contributed by atoms with Gasteiger partial charge in [-0.2, -0.15) is 0 Å². The first-order chi connectivity index (χ1) is 12.1. The molecule has 0 bridgehead atoms. The van der Waals surface area contributed by atoms with Crippen molar-refractivity contribution < 1.29 is 4.74 Å². The first-order valence-electron chi connectivity index (χ1n) is 8.30. The number of rotatable bonds is 4. The Labute approximate surface area is 176 Å². The van der Waals surface area contributed by atoms with Crippen molar-refractivity contribution in [1.82, 2.24) is 0 Å². The molecule has 0 fully saturated rings. The number of halogens is 2. The Morgan fingerprint density at radius 1 is 1.31 bits per heavy atom. The predicted octanol–water partition coefficient (Wildman–Crippen LogP) is 4.28. The summed E-state index contributed by atoms with van der Waals surface area (Å²) in [6.07, 6.45) is 2.31. The molecule has 26 heavy (non-hydrogen) atoms. The molecule has 0 atom stereocenters. The number of aryl methyl sites for hydroxylation is 1. The van der Waals surface area contributed by atoms with Crippen LogP contribution in [0.5, 0.6) is 5.75 Å². The molecule has 2 aromatic rings. The van der Waals surface area contributed by atoms with Crippen molar-refractivity contribution >= 4 is 52.9 Å². The summed E-state index contributed by atoms with van der Waals surface area (Å²) in [5.41, 5.74) is 10.6. The molecule has 5 nitrogen and oxygen atoms in total. The van der Waals surface area contributed by atoms with Crippen LogP contribution < -0.4 is 20.7 Å². The molecule has 1 heterocycles. The van der Waals surface area contributed by atoms with E-state index in [1.165, 1.54) is 17.7 Å². The Bertz CT molecular complexity index is 797. The second-order valence-corrected chi connectivity index (χ2v) is 6.57. The molecular formula is C19H24ClIN4O. The van der Waals surface area contributed by atoms with Gasteiger partial charge in [-0.3, -0.25) is 0 Å². The van der Waals surface area contributed by atoms with Crippen LogP contribution in [0.3, 0.4) is 0 Å². The van der Waals surface area contributed by atoms with Crippen LogP contribution >= 0.6 is 35.6 Å². The number of ether oxygens (including phenoxy) is 1. The standard InChI is InChI=1S/C19H23ClN4O.HI/c1-24-9-3-4-14-10-13(5-7-17(14)24)12-22-19(21)23-15-6-8-18(25-2)16(20)11-15;/h5-8,10-11H,3-4,9,12H2,1-2H3,(H3,21,22,23);1H. The molecule has 0 aromatic heterocycles. The van der Waals surface area contributed by atoms with E-state index in [-0.39, 0.29) is 24.0 Å². The van der Waals surface area contributed by atoms with E-state index in [1.54, 1.807) is 19.2 Å². The molecule has 1 aliphatic rings. The van der Waals surface area contributed by atoms with Gasteiger partial charge in [0.1, 0.15) is 5.75 Å². The van der Waals surface area contributed by atoms with Crippen molar-refractivity contribution in [1.29, 1.82) is 0 Å². The molecule has 3 rings (SSSR count). The summed E-state index contributed by atoms with van der Waals surface area (Å²) < 4.78 is 5.14. The number of anilines is 2. The summed E-state index contributed by atoms with van der Waals surface area (Å²) in [6.45, 7) is 1.66. The van der Waals surface area contributed by atoms with Gasteiger partial charge in [-0.15, -0.1) is 24.0 Å². The topological polar surface area (TPSA) is 62.9 Å². The fourth-order valence-electron chi connectivity index (χ4n) is 3.04. The first kappa shape index (κ1) is 20.6. The average molecular weight is 487 g/mol. The summed E-state index contributed by atoms with van der Waals surface area (Å²) in [5, 5.41) is 3.58. The zero-order valence-corrected chi connectivity index (χ0v) is 18.0. The third-order valence-corrected chi connectivity index (χ3v) is 4.65. The number of guanidine groups is 1. The largest absolute Gasteiger partial charge is 0.495 e. The van der Waals surface area contributed by atoms with E-state index in [9.17, 15) is 0 Å². The van der Waals surface area contributed by atoms with Crippen LogP contribution in [0, 0.1) is 0 Å². The zero-order chi connectivity index (χ0) is 17.8. The van der Waals surface area contributed by atoms with Crippen molar-refractivity contribution in [2.45, 2.75) is 19.4 Å². The third kappa shape index (κ3) is 4.94. The second-order valence-electron chi connectivity index (χ2n) is 6.16. The molecule has 0 unspecified atom stereocenters. The Balaban J connectivity index is 0.00000243. The van der Waals surface area contributed by atoms with Crippen molar-refractivity contribution in [2.75, 3.05) is 30.9 Å². The van der Waals surface area contributed by atoms with Gasteiger partial charge in [-0.25, -0.2) is 4.99 Å². The van der Waals surface area contributed by atoms with Crippen molar-refractivity contribution in [3.05, 3.63) is 52.5 Å². The number of benzene rings is 2. The van der Waals surface area contributed by atoms with Crippen LogP contribution in [-0.4, -0.2) is 26.7 Å². The van der Waals surface area contributed by atoms with Gasteiger partial charge in [-0.05, 0) is 48.2 Å². The molecule has 3 N–H and O–H groups in total. The minimum absolute atomic E-state index is 0. The van der Waals surface area contributed by atoms with E-state index in [4.69, 9.17) is 22.1 Å². The quantitative estimate of drug-likeness (QED) is 0.385. The highest BCUT2D eigenvalue weighted by atomic mass is 127. The number of fused-ring (bicyclic) bond motifs is 1. The van der Waals surface area contributed by atoms with Gasteiger partial charge in [-0.1, -0.05) is 23.7 Å². The minimum Gasteiger partial charge on any atom is -0.495 e. The average Bonchev–Trinajstić information content (AvgIpc) is 2.60. The van der Waals surface area contributed by atoms with Crippen LogP contribution in [0.25, 0.3) is 0 Å². The maximum absolute atomic E-state index is 6.12. The van der Waals surface area contributed by atoms with Crippen LogP contribution in [-0.2, 0) is 13.0 Å². The summed E-state index contributed by atoms with van der Waals surface area (Å²) >= 11 is 6.12. The highest BCUT2D eigenvalue weighted by Crippen LogP contribution is 2.28. The lowest BCUT2D eigenvalue weighted by Gasteiger charge is -2.27. The smallest absolute Gasteiger partial charge is 0.193 e. The van der Waals surface area contributed by atoms with Crippen LogP contribution in [0.4, 0.5) is 11.4 Å². The SMILES string of the molecule is COc1ccc(NC(N)=NCc2ccc3c(c2)CCCN3C)cc1Cl.I. The molecule has 1 aliphatic heterocycles. The van der Waals surface area contributed by atoms with E-state index in [0.29, 0.717) is 23.3 Å². The van der Waals surface area contributed by atoms with E-state index in [1.807, 2.05) is 6.07 Å². The number of hydrogen-bond acceptors (Lipinski definition) is 3. The van der Waals surface area contributed by atoms with Crippen LogP contribution in [0.1, 0.15) is 17.5 Å². The zero-order valence-electron chi connectivity index (χ0n) is 15.0. The first-order valence-corrected chi connectivity index (χ1v) is 8.68. The van der Waals surface area contributed by atoms with Crippen molar-refractivity contribution in [3.63, 3.8) is 0 Å². The summed E-state index contributed by atoms with van der Waals surface area (Å²) in [4.78, 5) is 6.73. The second kappa shape index (κ2) is 9.32. The number of nitrogens with zero attached hydrogens (tertiary/aromatic N) is 2. The monoisotopic (exact) mass is 486 g/mol. The van der Waals surface area contributed by atoms with Gasteiger partial charge in [0.25, 0.3) is 0 Å². The highest BCUT2D eigenvalue weighted by Gasteiger charge is 2.13. The highest BCUT2D eigenvalue weighted by molar-refractivity contribution is 14.0. The number of methoxy groups -OCH3 is 1. The molecule has 0 amide bonds. The van der Waals surface area contributed by atoms with E-state index >= 15 is 0 Å². The number of aliphatic imine (C=N–C) groups is 1. The fourth-order valence-corrected chi connectivity index (χ4v) is 3.30. The lowest BCUT2D eigenvalue weighted by atomic mass is 10.00. The Morgan fingerprint density at radius 2 is 2.12 bits per heavy atom. The molecule has 0 spiro atoms.